The summed E-state index contributed by atoms with van der Waals surface area (Å²) in [5, 5.41) is 15.4. The van der Waals surface area contributed by atoms with Crippen molar-refractivity contribution in [3.05, 3.63) is 94.0 Å². The number of hydrogen-bond donors (Lipinski definition) is 2. The number of halogens is 2. The first-order valence-corrected chi connectivity index (χ1v) is 9.60. The molecule has 29 heavy (non-hydrogen) atoms. The number of nitrogens with zero attached hydrogens (tertiary/aromatic N) is 1. The molecule has 146 valence electrons. The molecule has 2 heterocycles. The molecular weight excluding hydrogens is 389 g/mol. The fourth-order valence-electron chi connectivity index (χ4n) is 3.44. The predicted octanol–water partition coefficient (Wildman–Crippen LogP) is 5.37. The minimum atomic E-state index is -0.728. The van der Waals surface area contributed by atoms with Gasteiger partial charge in [-0.3, -0.25) is 5.32 Å². The normalized spacial score (nSPS) is 12.1. The van der Waals surface area contributed by atoms with Crippen molar-refractivity contribution in [1.29, 1.82) is 0 Å². The topological polar surface area (TPSA) is 59.3 Å². The van der Waals surface area contributed by atoms with Gasteiger partial charge in [-0.25, -0.2) is 14.4 Å². The number of nitrogens with one attached hydrogen (secondary N) is 2. The number of hydrogen-bond acceptors (Lipinski definition) is 3. The van der Waals surface area contributed by atoms with Gasteiger partial charge >= 0.3 is 0 Å². The molecule has 0 radical (unpaired) electrons. The SMILES string of the molecule is Cc1ccc2ccc([C@@H](Nc3cccc(C)[nH+]3)c3c(F)cccc3Cl)c(O)c2n1. The highest BCUT2D eigenvalue weighted by atomic mass is 35.5. The first-order chi connectivity index (χ1) is 13.9. The number of phenolic OH excluding ortho intramolecular Hbond substituents is 1. The summed E-state index contributed by atoms with van der Waals surface area (Å²) in [6.45, 7) is 3.78. The van der Waals surface area contributed by atoms with Crippen molar-refractivity contribution in [3.8, 4) is 5.75 Å². The summed E-state index contributed by atoms with van der Waals surface area (Å²) in [4.78, 5) is 7.67. The maximum atomic E-state index is 14.8. The van der Waals surface area contributed by atoms with Gasteiger partial charge in [0, 0.05) is 22.7 Å². The van der Waals surface area contributed by atoms with Crippen molar-refractivity contribution in [3.63, 3.8) is 0 Å². The summed E-state index contributed by atoms with van der Waals surface area (Å²) < 4.78 is 14.8. The van der Waals surface area contributed by atoms with Crippen molar-refractivity contribution in [1.82, 2.24) is 4.98 Å². The van der Waals surface area contributed by atoms with E-state index in [2.05, 4.69) is 15.3 Å². The lowest BCUT2D eigenvalue weighted by atomic mass is 9.95. The molecule has 0 amide bonds. The molecule has 1 atom stereocenters. The van der Waals surface area contributed by atoms with Crippen LogP contribution >= 0.6 is 11.6 Å². The van der Waals surface area contributed by atoms with E-state index in [4.69, 9.17) is 11.6 Å². The Morgan fingerprint density at radius 3 is 2.55 bits per heavy atom. The first-order valence-electron chi connectivity index (χ1n) is 9.22. The number of pyridine rings is 2. The number of aromatic amines is 1. The van der Waals surface area contributed by atoms with Crippen LogP contribution in [-0.2, 0) is 0 Å². The molecule has 0 aliphatic heterocycles. The number of aryl methyl sites for hydroxylation is 2. The minimum Gasteiger partial charge on any atom is -0.505 e. The summed E-state index contributed by atoms with van der Waals surface area (Å²) in [5.74, 6) is 0.209. The molecule has 3 N–H and O–H groups in total. The van der Waals surface area contributed by atoms with Crippen LogP contribution in [0.5, 0.6) is 5.75 Å². The number of H-pyrrole nitrogens is 1. The smallest absolute Gasteiger partial charge is 0.273 e. The second kappa shape index (κ2) is 7.68. The van der Waals surface area contributed by atoms with Crippen LogP contribution in [0.4, 0.5) is 10.2 Å². The zero-order valence-corrected chi connectivity index (χ0v) is 16.8. The van der Waals surface area contributed by atoms with Gasteiger partial charge in [0.15, 0.2) is 6.04 Å². The van der Waals surface area contributed by atoms with E-state index in [1.807, 2.05) is 50.2 Å². The maximum absolute atomic E-state index is 14.8. The average Bonchev–Trinajstić information content (AvgIpc) is 2.68. The quantitative estimate of drug-likeness (QED) is 0.477. The van der Waals surface area contributed by atoms with E-state index in [0.717, 1.165) is 16.8 Å². The third-order valence-electron chi connectivity index (χ3n) is 4.85. The molecule has 0 fully saturated rings. The Kier molecular flexibility index (Phi) is 5.07. The molecule has 0 saturated carbocycles. The highest BCUT2D eigenvalue weighted by Crippen LogP contribution is 2.39. The molecule has 4 rings (SSSR count). The Hall–Kier alpha value is -3.18. The highest BCUT2D eigenvalue weighted by molar-refractivity contribution is 6.31. The van der Waals surface area contributed by atoms with E-state index in [0.29, 0.717) is 16.9 Å². The largest absolute Gasteiger partial charge is 0.505 e. The number of aromatic hydroxyl groups is 1. The molecule has 2 aromatic carbocycles. The first kappa shape index (κ1) is 19.2. The van der Waals surface area contributed by atoms with E-state index < -0.39 is 11.9 Å². The number of rotatable bonds is 4. The second-order valence-corrected chi connectivity index (χ2v) is 7.40. The van der Waals surface area contributed by atoms with Gasteiger partial charge in [0.2, 0.25) is 0 Å². The lowest BCUT2D eigenvalue weighted by Gasteiger charge is -2.19. The van der Waals surface area contributed by atoms with Crippen LogP contribution in [-0.4, -0.2) is 10.1 Å². The Morgan fingerprint density at radius 2 is 1.79 bits per heavy atom. The van der Waals surface area contributed by atoms with Gasteiger partial charge in [-0.2, -0.15) is 0 Å². The van der Waals surface area contributed by atoms with E-state index in [1.54, 1.807) is 18.2 Å². The molecule has 0 unspecified atom stereocenters. The van der Waals surface area contributed by atoms with Crippen LogP contribution in [0.3, 0.4) is 0 Å². The maximum Gasteiger partial charge on any atom is 0.273 e. The summed E-state index contributed by atoms with van der Waals surface area (Å²) >= 11 is 6.38. The fourth-order valence-corrected chi connectivity index (χ4v) is 3.71. The van der Waals surface area contributed by atoms with E-state index in [1.165, 1.54) is 6.07 Å². The van der Waals surface area contributed by atoms with Gasteiger partial charge in [-0.1, -0.05) is 35.9 Å². The van der Waals surface area contributed by atoms with Crippen LogP contribution < -0.4 is 10.3 Å². The lowest BCUT2D eigenvalue weighted by molar-refractivity contribution is -0.371. The molecule has 4 nitrogen and oxygen atoms in total. The lowest BCUT2D eigenvalue weighted by Crippen LogP contribution is -2.21. The molecular formula is C23H20ClFN3O+. The van der Waals surface area contributed by atoms with Crippen LogP contribution in [0.25, 0.3) is 10.9 Å². The number of benzene rings is 2. The molecule has 0 bridgehead atoms. The van der Waals surface area contributed by atoms with Gasteiger partial charge in [0.25, 0.3) is 5.82 Å². The second-order valence-electron chi connectivity index (χ2n) is 6.99. The van der Waals surface area contributed by atoms with Gasteiger partial charge in [-0.05, 0) is 44.2 Å². The van der Waals surface area contributed by atoms with Crippen molar-refractivity contribution in [2.45, 2.75) is 19.9 Å². The van der Waals surface area contributed by atoms with Gasteiger partial charge in [0.05, 0.1) is 16.3 Å². The van der Waals surface area contributed by atoms with Gasteiger partial charge in [-0.15, -0.1) is 0 Å². The molecule has 6 heteroatoms. The summed E-state index contributed by atoms with van der Waals surface area (Å²) in [6, 6.07) is 16.9. The zero-order chi connectivity index (χ0) is 20.5. The highest BCUT2D eigenvalue weighted by Gasteiger charge is 2.29. The predicted molar refractivity (Wildman–Crippen MR) is 113 cm³/mol. The number of phenols is 1. The Labute approximate surface area is 173 Å². The summed E-state index contributed by atoms with van der Waals surface area (Å²) in [6.07, 6.45) is 0. The molecule has 4 aromatic rings. The van der Waals surface area contributed by atoms with Crippen molar-refractivity contribution in [2.24, 2.45) is 0 Å². The average molecular weight is 409 g/mol. The molecule has 0 saturated heterocycles. The fraction of sp³-hybridized carbons (Fsp3) is 0.130. The van der Waals surface area contributed by atoms with Crippen molar-refractivity contribution < 1.29 is 14.5 Å². The van der Waals surface area contributed by atoms with Crippen LogP contribution in [0.15, 0.2) is 60.7 Å². The van der Waals surface area contributed by atoms with Crippen molar-refractivity contribution >= 4 is 28.3 Å². The Morgan fingerprint density at radius 1 is 1.03 bits per heavy atom. The van der Waals surface area contributed by atoms with Gasteiger partial charge in [0.1, 0.15) is 17.1 Å². The Bertz CT molecular complexity index is 1190. The molecule has 0 spiro atoms. The van der Waals surface area contributed by atoms with Gasteiger partial charge < -0.3 is 5.11 Å². The van der Waals surface area contributed by atoms with Crippen molar-refractivity contribution in [2.75, 3.05) is 5.32 Å². The number of aromatic nitrogens is 2. The number of fused-ring (bicyclic) bond motifs is 1. The summed E-state index contributed by atoms with van der Waals surface area (Å²) in [7, 11) is 0. The number of anilines is 1. The summed E-state index contributed by atoms with van der Waals surface area (Å²) in [5.41, 5.74) is 2.93. The van der Waals surface area contributed by atoms with Crippen LogP contribution in [0, 0.1) is 19.7 Å². The van der Waals surface area contributed by atoms with E-state index in [-0.39, 0.29) is 16.3 Å². The standard InChI is InChI=1S/C23H19ClFN3O/c1-13-5-3-8-19(26-13)28-22(20-17(24)6-4-7-18(20)25)16-12-11-15-10-9-14(2)27-21(15)23(16)29/h3-12,22,29H,1-2H3,(H,26,28)/p+1/t22-/m1/s1. The minimum absolute atomic E-state index is 0.00401. The molecule has 0 aliphatic rings. The van der Waals surface area contributed by atoms with Crippen LogP contribution in [0.2, 0.25) is 5.02 Å². The molecule has 0 aliphatic carbocycles. The van der Waals surface area contributed by atoms with E-state index >= 15 is 0 Å². The monoisotopic (exact) mass is 408 g/mol. The Balaban J connectivity index is 1.93. The third-order valence-corrected chi connectivity index (χ3v) is 5.18. The third kappa shape index (κ3) is 3.74. The van der Waals surface area contributed by atoms with E-state index in [9.17, 15) is 9.50 Å². The molecule has 2 aromatic heterocycles. The zero-order valence-electron chi connectivity index (χ0n) is 16.0. The van der Waals surface area contributed by atoms with Crippen LogP contribution in [0.1, 0.15) is 28.6 Å².